The summed E-state index contributed by atoms with van der Waals surface area (Å²) in [6.45, 7) is 6.55. The second-order valence-corrected chi connectivity index (χ2v) is 7.42. The van der Waals surface area contributed by atoms with Crippen LogP contribution in [0.5, 0.6) is 0 Å². The van der Waals surface area contributed by atoms with E-state index in [1.807, 2.05) is 36.9 Å². The Balaban J connectivity index is 1.72. The SMILES string of the molecule is Cc1cc(C)cc(C(=O)N2C[C@@H]3CNC[C@@H]3[C@@H]2c2cccc(F)c2)c1. The van der Waals surface area contributed by atoms with Gasteiger partial charge in [0.25, 0.3) is 5.91 Å². The quantitative estimate of drug-likeness (QED) is 0.909. The lowest BCUT2D eigenvalue weighted by molar-refractivity contribution is 0.0713. The summed E-state index contributed by atoms with van der Waals surface area (Å²) in [6, 6.07) is 12.6. The monoisotopic (exact) mass is 338 g/mol. The van der Waals surface area contributed by atoms with Crippen LogP contribution in [-0.4, -0.2) is 30.4 Å². The van der Waals surface area contributed by atoms with Crippen molar-refractivity contribution in [2.45, 2.75) is 19.9 Å². The van der Waals surface area contributed by atoms with Crippen LogP contribution in [0, 0.1) is 31.5 Å². The Morgan fingerprint density at radius 1 is 1.12 bits per heavy atom. The molecule has 2 heterocycles. The number of hydrogen-bond donors (Lipinski definition) is 1. The molecule has 0 spiro atoms. The van der Waals surface area contributed by atoms with Gasteiger partial charge in [-0.1, -0.05) is 29.3 Å². The lowest BCUT2D eigenvalue weighted by atomic mass is 9.89. The molecule has 2 aliphatic heterocycles. The van der Waals surface area contributed by atoms with E-state index in [0.29, 0.717) is 11.8 Å². The predicted octanol–water partition coefficient (Wildman–Crippen LogP) is 3.48. The smallest absolute Gasteiger partial charge is 0.254 e. The summed E-state index contributed by atoms with van der Waals surface area (Å²) in [5, 5.41) is 3.42. The largest absolute Gasteiger partial charge is 0.331 e. The van der Waals surface area contributed by atoms with E-state index in [2.05, 4.69) is 11.4 Å². The van der Waals surface area contributed by atoms with E-state index in [9.17, 15) is 9.18 Å². The number of fused-ring (bicyclic) bond motifs is 1. The van der Waals surface area contributed by atoms with Crippen molar-refractivity contribution >= 4 is 5.91 Å². The number of hydrogen-bond acceptors (Lipinski definition) is 2. The zero-order valence-electron chi connectivity index (χ0n) is 14.6. The van der Waals surface area contributed by atoms with Crippen molar-refractivity contribution in [2.24, 2.45) is 11.8 Å². The van der Waals surface area contributed by atoms with Crippen molar-refractivity contribution < 1.29 is 9.18 Å². The van der Waals surface area contributed by atoms with Gasteiger partial charge in [-0.25, -0.2) is 4.39 Å². The number of amides is 1. The average molecular weight is 338 g/mol. The van der Waals surface area contributed by atoms with Crippen LogP contribution in [0.25, 0.3) is 0 Å². The number of aryl methyl sites for hydroxylation is 2. The number of halogens is 1. The molecular formula is C21H23FN2O. The fraction of sp³-hybridized carbons (Fsp3) is 0.381. The molecule has 3 nitrogen and oxygen atoms in total. The van der Waals surface area contributed by atoms with Gasteiger partial charge < -0.3 is 10.2 Å². The fourth-order valence-electron chi connectivity index (χ4n) is 4.51. The molecular weight excluding hydrogens is 315 g/mol. The Hall–Kier alpha value is -2.20. The van der Waals surface area contributed by atoms with Gasteiger partial charge >= 0.3 is 0 Å². The Morgan fingerprint density at radius 3 is 2.60 bits per heavy atom. The first-order chi connectivity index (χ1) is 12.0. The Bertz CT molecular complexity index is 799. The van der Waals surface area contributed by atoms with Crippen molar-refractivity contribution in [3.05, 3.63) is 70.5 Å². The molecule has 0 aromatic heterocycles. The second kappa shape index (κ2) is 6.26. The molecule has 2 aromatic carbocycles. The van der Waals surface area contributed by atoms with Gasteiger partial charge in [-0.2, -0.15) is 0 Å². The third-order valence-electron chi connectivity index (χ3n) is 5.48. The highest BCUT2D eigenvalue weighted by atomic mass is 19.1. The molecule has 25 heavy (non-hydrogen) atoms. The molecule has 2 aliphatic rings. The van der Waals surface area contributed by atoms with Crippen LogP contribution in [-0.2, 0) is 0 Å². The molecule has 2 fully saturated rings. The number of likely N-dealkylation sites (tertiary alicyclic amines) is 1. The summed E-state index contributed by atoms with van der Waals surface area (Å²) >= 11 is 0. The minimum atomic E-state index is -0.245. The first-order valence-electron chi connectivity index (χ1n) is 8.88. The Morgan fingerprint density at radius 2 is 1.88 bits per heavy atom. The zero-order valence-corrected chi connectivity index (χ0v) is 14.6. The highest BCUT2D eigenvalue weighted by Crippen LogP contribution is 2.43. The number of nitrogens with zero attached hydrogens (tertiary/aromatic N) is 1. The summed E-state index contributed by atoms with van der Waals surface area (Å²) in [5.74, 6) is 0.584. The number of rotatable bonds is 2. The highest BCUT2D eigenvalue weighted by molar-refractivity contribution is 5.95. The normalized spacial score (nSPS) is 25.2. The number of nitrogens with one attached hydrogen (secondary N) is 1. The van der Waals surface area contributed by atoms with E-state index in [4.69, 9.17) is 0 Å². The highest BCUT2D eigenvalue weighted by Gasteiger charge is 2.46. The molecule has 1 N–H and O–H groups in total. The minimum Gasteiger partial charge on any atom is -0.331 e. The molecule has 0 aliphatic carbocycles. The van der Waals surface area contributed by atoms with E-state index in [1.54, 1.807) is 12.1 Å². The minimum absolute atomic E-state index is 0.0514. The van der Waals surface area contributed by atoms with Gasteiger partial charge in [0.05, 0.1) is 6.04 Å². The lowest BCUT2D eigenvalue weighted by Gasteiger charge is -2.29. The molecule has 0 bridgehead atoms. The predicted molar refractivity (Wildman–Crippen MR) is 95.9 cm³/mol. The van der Waals surface area contributed by atoms with Crippen molar-refractivity contribution in [3.8, 4) is 0 Å². The molecule has 0 radical (unpaired) electrons. The molecule has 0 unspecified atom stereocenters. The molecule has 4 heteroatoms. The summed E-state index contributed by atoms with van der Waals surface area (Å²) in [6.07, 6.45) is 0. The second-order valence-electron chi connectivity index (χ2n) is 7.42. The van der Waals surface area contributed by atoms with Gasteiger partial charge in [0.1, 0.15) is 5.82 Å². The Labute approximate surface area is 147 Å². The maximum atomic E-state index is 13.8. The number of benzene rings is 2. The van der Waals surface area contributed by atoms with E-state index in [0.717, 1.165) is 41.9 Å². The van der Waals surface area contributed by atoms with Gasteiger partial charge in [-0.3, -0.25) is 4.79 Å². The molecule has 3 atom stereocenters. The van der Waals surface area contributed by atoms with Crippen LogP contribution in [0.1, 0.15) is 33.1 Å². The zero-order chi connectivity index (χ0) is 17.6. The van der Waals surface area contributed by atoms with Crippen LogP contribution < -0.4 is 5.32 Å². The van der Waals surface area contributed by atoms with Crippen LogP contribution >= 0.6 is 0 Å². The summed E-state index contributed by atoms with van der Waals surface area (Å²) < 4.78 is 13.8. The lowest BCUT2D eigenvalue weighted by Crippen LogP contribution is -2.34. The number of carbonyl (C=O) groups is 1. The van der Waals surface area contributed by atoms with Gasteiger partial charge in [0.2, 0.25) is 0 Å². The van der Waals surface area contributed by atoms with E-state index in [-0.39, 0.29) is 17.8 Å². The van der Waals surface area contributed by atoms with E-state index in [1.165, 1.54) is 6.07 Å². The molecule has 1 amide bonds. The van der Waals surface area contributed by atoms with Crippen LogP contribution in [0.15, 0.2) is 42.5 Å². The van der Waals surface area contributed by atoms with Crippen molar-refractivity contribution in [1.29, 1.82) is 0 Å². The summed E-state index contributed by atoms with van der Waals surface area (Å²) in [7, 11) is 0. The van der Waals surface area contributed by atoms with Gasteiger partial charge in [0.15, 0.2) is 0 Å². The summed E-state index contributed by atoms with van der Waals surface area (Å²) in [4.78, 5) is 15.2. The van der Waals surface area contributed by atoms with E-state index < -0.39 is 0 Å². The fourth-order valence-corrected chi connectivity index (χ4v) is 4.51. The van der Waals surface area contributed by atoms with Crippen LogP contribution in [0.4, 0.5) is 4.39 Å². The van der Waals surface area contributed by atoms with Crippen molar-refractivity contribution in [2.75, 3.05) is 19.6 Å². The molecule has 4 rings (SSSR count). The van der Waals surface area contributed by atoms with Gasteiger partial charge in [0, 0.05) is 31.1 Å². The van der Waals surface area contributed by atoms with Crippen LogP contribution in [0.2, 0.25) is 0 Å². The first-order valence-corrected chi connectivity index (χ1v) is 8.88. The van der Waals surface area contributed by atoms with Crippen LogP contribution in [0.3, 0.4) is 0 Å². The molecule has 2 saturated heterocycles. The third-order valence-corrected chi connectivity index (χ3v) is 5.48. The Kier molecular flexibility index (Phi) is 4.08. The summed E-state index contributed by atoms with van der Waals surface area (Å²) in [5.41, 5.74) is 3.80. The van der Waals surface area contributed by atoms with E-state index >= 15 is 0 Å². The topological polar surface area (TPSA) is 32.3 Å². The standard InChI is InChI=1S/C21H23FN2O/c1-13-6-14(2)8-16(7-13)21(25)24-12-17-10-23-11-19(17)20(24)15-4-3-5-18(22)9-15/h3-9,17,19-20,23H,10-12H2,1-2H3/t17-,19-,20-/m0/s1. The molecule has 130 valence electrons. The number of carbonyl (C=O) groups excluding carboxylic acids is 1. The van der Waals surface area contributed by atoms with Crippen molar-refractivity contribution in [3.63, 3.8) is 0 Å². The van der Waals surface area contributed by atoms with Crippen molar-refractivity contribution in [1.82, 2.24) is 10.2 Å². The first kappa shape index (κ1) is 16.3. The maximum absolute atomic E-state index is 13.8. The molecule has 2 aromatic rings. The van der Waals surface area contributed by atoms with Gasteiger partial charge in [-0.05, 0) is 49.6 Å². The maximum Gasteiger partial charge on any atom is 0.254 e. The van der Waals surface area contributed by atoms with Gasteiger partial charge in [-0.15, -0.1) is 0 Å². The molecule has 0 saturated carbocycles. The average Bonchev–Trinajstić information content (AvgIpc) is 3.13. The third kappa shape index (κ3) is 2.95.